The summed E-state index contributed by atoms with van der Waals surface area (Å²) in [5.74, 6) is 1.13. The fourth-order valence-corrected chi connectivity index (χ4v) is 7.69. The summed E-state index contributed by atoms with van der Waals surface area (Å²) < 4.78 is 25.5. The molecule has 1 aromatic heterocycles. The van der Waals surface area contributed by atoms with Gasteiger partial charge in [-0.25, -0.2) is 9.79 Å². The molecule has 0 unspecified atom stereocenters. The second kappa shape index (κ2) is 15.2. The topological polar surface area (TPSA) is 88.4 Å². The Balaban J connectivity index is 1.48. The van der Waals surface area contributed by atoms with Crippen LogP contribution in [-0.4, -0.2) is 31.4 Å². The van der Waals surface area contributed by atoms with E-state index in [9.17, 15) is 9.59 Å². The average Bonchev–Trinajstić information content (AvgIpc) is 3.41. The molecule has 1 aliphatic rings. The van der Waals surface area contributed by atoms with Gasteiger partial charge in [0.2, 0.25) is 0 Å². The van der Waals surface area contributed by atoms with E-state index in [1.807, 2.05) is 54.6 Å². The molecule has 0 aliphatic carbocycles. The van der Waals surface area contributed by atoms with Crippen molar-refractivity contribution in [2.75, 3.05) is 20.8 Å². The zero-order valence-electron chi connectivity index (χ0n) is 26.5. The van der Waals surface area contributed by atoms with Crippen molar-refractivity contribution in [3.8, 4) is 17.2 Å². The van der Waals surface area contributed by atoms with Crippen LogP contribution in [0, 0.1) is 3.57 Å². The van der Waals surface area contributed by atoms with Gasteiger partial charge in [0.1, 0.15) is 12.4 Å². The number of halogens is 3. The minimum absolute atomic E-state index is 0.164. The summed E-state index contributed by atoms with van der Waals surface area (Å²) in [7, 11) is 3.14. The molecule has 0 fully saturated rings. The highest BCUT2D eigenvalue weighted by atomic mass is 127. The third kappa shape index (κ3) is 7.28. The predicted molar refractivity (Wildman–Crippen MR) is 201 cm³/mol. The fourth-order valence-electron chi connectivity index (χ4n) is 5.45. The fraction of sp³-hybridized carbons (Fsp3) is 0.162. The van der Waals surface area contributed by atoms with E-state index in [0.717, 1.165) is 20.3 Å². The lowest BCUT2D eigenvalue weighted by molar-refractivity contribution is -0.138. The second-order valence-corrected chi connectivity index (χ2v) is 13.8. The molecule has 0 saturated heterocycles. The lowest BCUT2D eigenvalue weighted by atomic mass is 9.93. The number of aromatic nitrogens is 1. The first-order chi connectivity index (χ1) is 23.7. The van der Waals surface area contributed by atoms with Crippen LogP contribution in [0.2, 0.25) is 10.0 Å². The van der Waals surface area contributed by atoms with Crippen LogP contribution in [0.25, 0.3) is 11.8 Å². The summed E-state index contributed by atoms with van der Waals surface area (Å²) in [4.78, 5) is 33.4. The Kier molecular flexibility index (Phi) is 10.8. The van der Waals surface area contributed by atoms with Crippen LogP contribution in [0.15, 0.2) is 100 Å². The lowest BCUT2D eigenvalue weighted by Gasteiger charge is -2.26. The summed E-state index contributed by atoms with van der Waals surface area (Å²) in [5.41, 5.74) is 3.36. The minimum Gasteiger partial charge on any atom is -0.497 e. The zero-order valence-corrected chi connectivity index (χ0v) is 31.0. The molecule has 1 atom stereocenters. The molecule has 0 bridgehead atoms. The number of carbonyl (C=O) groups excluding carboxylic acids is 1. The molecule has 4 aromatic carbocycles. The number of esters is 1. The van der Waals surface area contributed by atoms with E-state index in [2.05, 4.69) is 22.6 Å². The van der Waals surface area contributed by atoms with Gasteiger partial charge >= 0.3 is 5.97 Å². The minimum atomic E-state index is -0.802. The maximum Gasteiger partial charge on any atom is 0.338 e. The van der Waals surface area contributed by atoms with Gasteiger partial charge in [0.15, 0.2) is 16.3 Å². The Morgan fingerprint density at radius 3 is 2.43 bits per heavy atom. The van der Waals surface area contributed by atoms with Crippen molar-refractivity contribution in [1.82, 2.24) is 4.57 Å². The van der Waals surface area contributed by atoms with Gasteiger partial charge in [-0.1, -0.05) is 83.1 Å². The van der Waals surface area contributed by atoms with E-state index >= 15 is 0 Å². The molecule has 250 valence electrons. The van der Waals surface area contributed by atoms with Crippen LogP contribution in [-0.2, 0) is 16.1 Å². The van der Waals surface area contributed by atoms with E-state index in [1.165, 1.54) is 11.3 Å². The average molecular weight is 828 g/mol. The molecule has 0 spiro atoms. The second-order valence-electron chi connectivity index (χ2n) is 10.8. The van der Waals surface area contributed by atoms with Crippen molar-refractivity contribution in [1.29, 1.82) is 0 Å². The Hall–Kier alpha value is -4.10. The molecule has 0 N–H and O–H groups in total. The molecular weight excluding hydrogens is 798 g/mol. The number of hydrogen-bond donors (Lipinski definition) is 0. The number of thiazole rings is 1. The maximum atomic E-state index is 14.3. The van der Waals surface area contributed by atoms with Crippen molar-refractivity contribution in [2.45, 2.75) is 19.6 Å². The SMILES string of the molecule is CCOC(=O)C1=C(c2ccccc2)N=c2s/c(=C\c3cc(I)c(OCc4ccc(Cl)cc4Cl)c(OC)c3)c(=O)n2[C@@H]1c1ccc(OC)cc1. The van der Waals surface area contributed by atoms with Gasteiger partial charge in [0.25, 0.3) is 5.56 Å². The lowest BCUT2D eigenvalue weighted by Crippen LogP contribution is -2.40. The Bertz CT molecular complexity index is 2250. The molecule has 5 aromatic rings. The molecule has 12 heteroatoms. The van der Waals surface area contributed by atoms with Gasteiger partial charge in [-0.15, -0.1) is 0 Å². The number of carbonyl (C=O) groups is 1. The van der Waals surface area contributed by atoms with Crippen molar-refractivity contribution < 1.29 is 23.7 Å². The van der Waals surface area contributed by atoms with Crippen LogP contribution >= 0.6 is 57.1 Å². The summed E-state index contributed by atoms with van der Waals surface area (Å²) in [6.45, 7) is 2.12. The number of benzene rings is 4. The van der Waals surface area contributed by atoms with Crippen molar-refractivity contribution in [2.24, 2.45) is 4.99 Å². The Morgan fingerprint density at radius 2 is 1.76 bits per heavy atom. The standard InChI is InChI=1S/C37H29Cl2IN2O6S/c1-4-47-36(44)31-32(22-8-6-5-7-9-22)41-37-42(33(31)23-11-14-26(45-2)15-12-23)35(43)30(49-37)18-21-16-28(40)34(29(17-21)46-3)48-20-24-10-13-25(38)19-27(24)39/h5-19,33H,4,20H2,1-3H3/b30-18-/t33-/m1/s1. The zero-order chi connectivity index (χ0) is 34.7. The molecule has 2 heterocycles. The molecule has 1 aliphatic heterocycles. The smallest absolute Gasteiger partial charge is 0.338 e. The van der Waals surface area contributed by atoms with Crippen molar-refractivity contribution in [3.05, 3.63) is 146 Å². The summed E-state index contributed by atoms with van der Waals surface area (Å²) >= 11 is 15.8. The van der Waals surface area contributed by atoms with Crippen molar-refractivity contribution >= 4 is 74.9 Å². The van der Waals surface area contributed by atoms with E-state index in [0.29, 0.717) is 47.9 Å². The molecule has 6 rings (SSSR count). The van der Waals surface area contributed by atoms with Crippen LogP contribution in [0.3, 0.4) is 0 Å². The highest BCUT2D eigenvalue weighted by molar-refractivity contribution is 14.1. The Morgan fingerprint density at radius 1 is 1.00 bits per heavy atom. The molecule has 0 radical (unpaired) electrons. The number of fused-ring (bicyclic) bond motifs is 1. The third-order valence-corrected chi connectivity index (χ3v) is 10.1. The largest absolute Gasteiger partial charge is 0.497 e. The van der Waals surface area contributed by atoms with Gasteiger partial charge in [-0.2, -0.15) is 0 Å². The van der Waals surface area contributed by atoms with E-state index < -0.39 is 12.0 Å². The molecule has 49 heavy (non-hydrogen) atoms. The molecule has 0 amide bonds. The predicted octanol–water partition coefficient (Wildman–Crippen LogP) is 7.44. The van der Waals surface area contributed by atoms with Crippen molar-refractivity contribution in [3.63, 3.8) is 0 Å². The van der Waals surface area contributed by atoms with E-state index in [4.69, 9.17) is 47.1 Å². The number of ether oxygens (including phenoxy) is 4. The maximum absolute atomic E-state index is 14.3. The normalized spacial score (nSPS) is 14.2. The van der Waals surface area contributed by atoms with E-state index in [-0.39, 0.29) is 24.3 Å². The van der Waals surface area contributed by atoms with Gasteiger partial charge in [-0.05, 0) is 83.1 Å². The first kappa shape index (κ1) is 34.8. The quantitative estimate of drug-likeness (QED) is 0.108. The first-order valence-electron chi connectivity index (χ1n) is 15.1. The van der Waals surface area contributed by atoms with Crippen LogP contribution in [0.1, 0.15) is 35.2 Å². The number of hydrogen-bond acceptors (Lipinski definition) is 8. The van der Waals surface area contributed by atoms with Crippen LogP contribution in [0.5, 0.6) is 17.2 Å². The van der Waals surface area contributed by atoms with Gasteiger partial charge in [0, 0.05) is 21.2 Å². The number of nitrogens with zero attached hydrogens (tertiary/aromatic N) is 2. The van der Waals surface area contributed by atoms with E-state index in [1.54, 1.807) is 62.1 Å². The van der Waals surface area contributed by atoms with Gasteiger partial charge in [-0.3, -0.25) is 9.36 Å². The van der Waals surface area contributed by atoms with Gasteiger partial charge < -0.3 is 18.9 Å². The molecule has 0 saturated carbocycles. The van der Waals surface area contributed by atoms with Crippen LogP contribution in [0.4, 0.5) is 0 Å². The highest BCUT2D eigenvalue weighted by Crippen LogP contribution is 2.37. The summed E-state index contributed by atoms with van der Waals surface area (Å²) in [5, 5.41) is 1.04. The summed E-state index contributed by atoms with van der Waals surface area (Å²) in [6.07, 6.45) is 1.79. The third-order valence-electron chi connectivity index (χ3n) is 7.74. The number of methoxy groups -OCH3 is 2. The Labute approximate surface area is 310 Å². The highest BCUT2D eigenvalue weighted by Gasteiger charge is 2.35. The molecular formula is C37H29Cl2IN2O6S. The first-order valence-corrected chi connectivity index (χ1v) is 17.7. The van der Waals surface area contributed by atoms with Gasteiger partial charge in [0.05, 0.1) is 46.2 Å². The summed E-state index contributed by atoms with van der Waals surface area (Å²) in [6, 6.07) is 24.9. The monoisotopic (exact) mass is 826 g/mol. The number of rotatable bonds is 10. The molecule has 8 nitrogen and oxygen atoms in total. The van der Waals surface area contributed by atoms with Crippen LogP contribution < -0.4 is 29.1 Å².